The van der Waals surface area contributed by atoms with Crippen LogP contribution in [0.3, 0.4) is 0 Å². The normalized spacial score (nSPS) is 10.9. The van der Waals surface area contributed by atoms with Crippen molar-refractivity contribution in [1.82, 2.24) is 9.78 Å². The molecule has 5 heteroatoms. The van der Waals surface area contributed by atoms with Gasteiger partial charge in [-0.25, -0.2) is 0 Å². The van der Waals surface area contributed by atoms with Gasteiger partial charge in [0.2, 0.25) is 0 Å². The first-order chi connectivity index (χ1) is 6.68. The predicted octanol–water partition coefficient (Wildman–Crippen LogP) is 1.65. The Morgan fingerprint density at radius 3 is 3.21 bits per heavy atom. The zero-order chi connectivity index (χ0) is 10.1. The molecule has 0 spiro atoms. The molecule has 2 aromatic heterocycles. The number of carboxylic acids is 1. The maximum Gasteiger partial charge on any atom is 0.303 e. The van der Waals surface area contributed by atoms with Crippen LogP contribution >= 0.6 is 11.3 Å². The van der Waals surface area contributed by atoms with Gasteiger partial charge in [0.05, 0.1) is 22.3 Å². The van der Waals surface area contributed by atoms with Crippen molar-refractivity contribution in [1.29, 1.82) is 0 Å². The van der Waals surface area contributed by atoms with E-state index in [1.807, 2.05) is 18.5 Å². The highest BCUT2D eigenvalue weighted by molar-refractivity contribution is 7.17. The van der Waals surface area contributed by atoms with Gasteiger partial charge in [-0.3, -0.25) is 9.48 Å². The summed E-state index contributed by atoms with van der Waals surface area (Å²) in [6.45, 7) is 0. The van der Waals surface area contributed by atoms with Gasteiger partial charge in [-0.1, -0.05) is 0 Å². The van der Waals surface area contributed by atoms with Crippen molar-refractivity contribution in [2.45, 2.75) is 12.8 Å². The van der Waals surface area contributed by atoms with E-state index in [1.165, 1.54) is 0 Å². The molecular formula is C9H10N2O2S. The highest BCUT2D eigenvalue weighted by atomic mass is 32.1. The lowest BCUT2D eigenvalue weighted by atomic mass is 10.2. The number of aliphatic carboxylic acids is 1. The van der Waals surface area contributed by atoms with Crippen molar-refractivity contribution in [3.05, 3.63) is 17.1 Å². The highest BCUT2D eigenvalue weighted by Gasteiger charge is 2.10. The average molecular weight is 210 g/mol. The molecule has 2 aromatic rings. The van der Waals surface area contributed by atoms with Gasteiger partial charge in [0.15, 0.2) is 0 Å². The van der Waals surface area contributed by atoms with Crippen LogP contribution in [0.15, 0.2) is 11.4 Å². The fraction of sp³-hybridized carbons (Fsp3) is 0.333. The standard InChI is InChI=1S/C9H10N2O2S/c1-11-7-4-5-14-9(7)6(10-11)2-3-8(12)13/h4-5H,2-3H2,1H3,(H,12,13). The first-order valence-corrected chi connectivity index (χ1v) is 5.17. The van der Waals surface area contributed by atoms with E-state index in [2.05, 4.69) is 5.10 Å². The van der Waals surface area contributed by atoms with E-state index in [9.17, 15) is 4.79 Å². The van der Waals surface area contributed by atoms with Gasteiger partial charge in [0, 0.05) is 13.5 Å². The number of aryl methyl sites for hydroxylation is 2. The van der Waals surface area contributed by atoms with Crippen LogP contribution in [0.5, 0.6) is 0 Å². The van der Waals surface area contributed by atoms with Crippen molar-refractivity contribution < 1.29 is 9.90 Å². The van der Waals surface area contributed by atoms with E-state index in [0.717, 1.165) is 15.9 Å². The number of nitrogens with zero attached hydrogens (tertiary/aromatic N) is 2. The summed E-state index contributed by atoms with van der Waals surface area (Å²) in [6, 6.07) is 2.00. The lowest BCUT2D eigenvalue weighted by molar-refractivity contribution is -0.136. The minimum Gasteiger partial charge on any atom is -0.481 e. The van der Waals surface area contributed by atoms with E-state index in [-0.39, 0.29) is 6.42 Å². The number of hydrogen-bond acceptors (Lipinski definition) is 3. The van der Waals surface area contributed by atoms with Gasteiger partial charge in [0.1, 0.15) is 0 Å². The molecular weight excluding hydrogens is 200 g/mol. The molecule has 14 heavy (non-hydrogen) atoms. The molecule has 0 saturated carbocycles. The molecule has 2 rings (SSSR count). The van der Waals surface area contributed by atoms with E-state index in [0.29, 0.717) is 6.42 Å². The Kier molecular flexibility index (Phi) is 2.25. The Labute approximate surface area is 84.8 Å². The lowest BCUT2D eigenvalue weighted by Gasteiger charge is -1.91. The third kappa shape index (κ3) is 1.50. The number of fused-ring (bicyclic) bond motifs is 1. The second-order valence-corrected chi connectivity index (χ2v) is 4.02. The fourth-order valence-corrected chi connectivity index (χ4v) is 2.38. The second-order valence-electron chi connectivity index (χ2n) is 3.10. The van der Waals surface area contributed by atoms with Crippen LogP contribution in [0.2, 0.25) is 0 Å². The topological polar surface area (TPSA) is 55.1 Å². The van der Waals surface area contributed by atoms with Crippen LogP contribution < -0.4 is 0 Å². The van der Waals surface area contributed by atoms with E-state index >= 15 is 0 Å². The van der Waals surface area contributed by atoms with Gasteiger partial charge in [-0.2, -0.15) is 5.10 Å². The third-order valence-electron chi connectivity index (χ3n) is 2.10. The van der Waals surface area contributed by atoms with Crippen LogP contribution in [0.1, 0.15) is 12.1 Å². The van der Waals surface area contributed by atoms with Crippen LogP contribution in [0.4, 0.5) is 0 Å². The summed E-state index contributed by atoms with van der Waals surface area (Å²) in [5.74, 6) is -0.777. The third-order valence-corrected chi connectivity index (χ3v) is 3.05. The molecule has 0 aliphatic carbocycles. The summed E-state index contributed by atoms with van der Waals surface area (Å²) >= 11 is 1.61. The molecule has 0 saturated heterocycles. The Hall–Kier alpha value is -1.36. The molecule has 0 unspecified atom stereocenters. The molecule has 0 bridgehead atoms. The van der Waals surface area contributed by atoms with Crippen molar-refractivity contribution in [3.63, 3.8) is 0 Å². The van der Waals surface area contributed by atoms with Crippen molar-refractivity contribution in [2.24, 2.45) is 7.05 Å². The van der Waals surface area contributed by atoms with Gasteiger partial charge >= 0.3 is 5.97 Å². The monoisotopic (exact) mass is 210 g/mol. The number of thiophene rings is 1. The van der Waals surface area contributed by atoms with Crippen LogP contribution in [0.25, 0.3) is 10.2 Å². The number of hydrogen-bond donors (Lipinski definition) is 1. The first kappa shape index (κ1) is 9.21. The Morgan fingerprint density at radius 2 is 2.50 bits per heavy atom. The van der Waals surface area contributed by atoms with Gasteiger partial charge in [-0.05, 0) is 11.4 Å². The minimum atomic E-state index is -0.777. The zero-order valence-electron chi connectivity index (χ0n) is 7.73. The molecule has 0 atom stereocenters. The van der Waals surface area contributed by atoms with E-state index in [4.69, 9.17) is 5.11 Å². The molecule has 0 amide bonds. The predicted molar refractivity (Wildman–Crippen MR) is 54.5 cm³/mol. The van der Waals surface area contributed by atoms with Crippen LogP contribution in [0, 0.1) is 0 Å². The molecule has 0 aliphatic rings. The molecule has 4 nitrogen and oxygen atoms in total. The van der Waals surface area contributed by atoms with Crippen molar-refractivity contribution in [2.75, 3.05) is 0 Å². The smallest absolute Gasteiger partial charge is 0.303 e. The Bertz CT molecular complexity index is 472. The van der Waals surface area contributed by atoms with Gasteiger partial charge < -0.3 is 5.11 Å². The van der Waals surface area contributed by atoms with Crippen LogP contribution in [-0.4, -0.2) is 20.9 Å². The molecule has 0 aliphatic heterocycles. The van der Waals surface area contributed by atoms with Crippen molar-refractivity contribution >= 4 is 27.5 Å². The minimum absolute atomic E-state index is 0.143. The summed E-state index contributed by atoms with van der Waals surface area (Å²) < 4.78 is 2.90. The van der Waals surface area contributed by atoms with Gasteiger partial charge in [0.25, 0.3) is 0 Å². The molecule has 1 N–H and O–H groups in total. The summed E-state index contributed by atoms with van der Waals surface area (Å²) in [6.07, 6.45) is 0.650. The number of carbonyl (C=O) groups is 1. The molecule has 0 fully saturated rings. The average Bonchev–Trinajstić information content (AvgIpc) is 2.67. The van der Waals surface area contributed by atoms with Crippen LogP contribution in [-0.2, 0) is 18.3 Å². The molecule has 0 aromatic carbocycles. The molecule has 0 radical (unpaired) electrons. The number of aromatic nitrogens is 2. The summed E-state index contributed by atoms with van der Waals surface area (Å²) in [5.41, 5.74) is 1.97. The number of rotatable bonds is 3. The summed E-state index contributed by atoms with van der Waals surface area (Å²) in [7, 11) is 1.87. The lowest BCUT2D eigenvalue weighted by Crippen LogP contribution is -1.99. The highest BCUT2D eigenvalue weighted by Crippen LogP contribution is 2.24. The quantitative estimate of drug-likeness (QED) is 0.838. The first-order valence-electron chi connectivity index (χ1n) is 4.29. The Morgan fingerprint density at radius 1 is 1.71 bits per heavy atom. The van der Waals surface area contributed by atoms with Gasteiger partial charge in [-0.15, -0.1) is 11.3 Å². The zero-order valence-corrected chi connectivity index (χ0v) is 8.54. The fourth-order valence-electron chi connectivity index (χ4n) is 1.44. The summed E-state index contributed by atoms with van der Waals surface area (Å²) in [5, 5.41) is 14.9. The SMILES string of the molecule is Cn1nc(CCC(=O)O)c2sccc21. The molecule has 74 valence electrons. The van der Waals surface area contributed by atoms with E-state index < -0.39 is 5.97 Å². The molecule has 2 heterocycles. The Balaban J connectivity index is 2.32. The maximum atomic E-state index is 10.4. The maximum absolute atomic E-state index is 10.4. The largest absolute Gasteiger partial charge is 0.481 e. The number of carboxylic acid groups (broad SMARTS) is 1. The summed E-state index contributed by atoms with van der Waals surface area (Å²) in [4.78, 5) is 10.4. The second kappa shape index (κ2) is 3.42. The van der Waals surface area contributed by atoms with E-state index in [1.54, 1.807) is 16.0 Å². The van der Waals surface area contributed by atoms with Crippen molar-refractivity contribution in [3.8, 4) is 0 Å².